The van der Waals surface area contributed by atoms with E-state index in [1.54, 1.807) is 30.3 Å². The van der Waals surface area contributed by atoms with Crippen LogP contribution in [0.4, 0.5) is 10.5 Å². The normalized spacial score (nSPS) is 13.3. The van der Waals surface area contributed by atoms with Crippen LogP contribution in [-0.4, -0.2) is 60.0 Å². The number of likely N-dealkylation sites (tertiary alicyclic amines) is 1. The Morgan fingerprint density at radius 2 is 1.88 bits per heavy atom. The van der Waals surface area contributed by atoms with Crippen molar-refractivity contribution in [1.82, 2.24) is 4.90 Å². The van der Waals surface area contributed by atoms with Crippen molar-refractivity contribution >= 4 is 40.6 Å². The Morgan fingerprint density at radius 1 is 1.15 bits per heavy atom. The highest BCUT2D eigenvalue weighted by Crippen LogP contribution is 2.35. The van der Waals surface area contributed by atoms with E-state index in [1.807, 2.05) is 18.2 Å². The van der Waals surface area contributed by atoms with Crippen LogP contribution in [0.15, 0.2) is 48.5 Å². The molecule has 0 spiro atoms. The molecule has 4 rings (SSSR count). The van der Waals surface area contributed by atoms with Crippen LogP contribution in [0.25, 0.3) is 10.4 Å². The van der Waals surface area contributed by atoms with Crippen molar-refractivity contribution in [3.8, 4) is 21.9 Å². The third-order valence-electron chi connectivity index (χ3n) is 5.36. The summed E-state index contributed by atoms with van der Waals surface area (Å²) in [5.41, 5.74) is 2.22. The number of carboxylic acid groups (broad SMARTS) is 1. The zero-order valence-electron chi connectivity index (χ0n) is 18.3. The number of methoxy groups -OCH3 is 1. The molecule has 178 valence electrons. The van der Waals surface area contributed by atoms with E-state index in [-0.39, 0.29) is 18.6 Å². The van der Waals surface area contributed by atoms with E-state index in [0.717, 1.165) is 16.0 Å². The van der Waals surface area contributed by atoms with Crippen molar-refractivity contribution in [2.24, 2.45) is 0 Å². The molecule has 1 aliphatic rings. The number of hydrogen-bond acceptors (Lipinski definition) is 6. The fraction of sp³-hybridized carbons (Fsp3) is 0.250. The number of aliphatic hydroxyl groups is 1. The van der Waals surface area contributed by atoms with Gasteiger partial charge in [0.1, 0.15) is 6.10 Å². The topological polar surface area (TPSA) is 108 Å². The van der Waals surface area contributed by atoms with Gasteiger partial charge in [0.15, 0.2) is 11.5 Å². The molecule has 34 heavy (non-hydrogen) atoms. The monoisotopic (exact) mass is 502 g/mol. The van der Waals surface area contributed by atoms with Crippen molar-refractivity contribution in [2.45, 2.75) is 12.5 Å². The Hall–Kier alpha value is -3.27. The average Bonchev–Trinajstić information content (AvgIpc) is 3.21. The smallest absolute Gasteiger partial charge is 0.407 e. The first-order valence-electron chi connectivity index (χ1n) is 10.5. The van der Waals surface area contributed by atoms with Gasteiger partial charge in [0.05, 0.1) is 25.1 Å². The lowest BCUT2D eigenvalue weighted by Crippen LogP contribution is -2.55. The SMILES string of the molecule is COc1cc(NC(=O)c2sc(-c3ccc(Cl)cc3)cc2CCO)ccc1OC1CN(C(=O)O)C1. The average molecular weight is 503 g/mol. The molecule has 1 aliphatic heterocycles. The van der Waals surface area contributed by atoms with Crippen LogP contribution in [0.5, 0.6) is 11.5 Å². The number of hydrogen-bond donors (Lipinski definition) is 3. The maximum atomic E-state index is 13.1. The van der Waals surface area contributed by atoms with E-state index in [1.165, 1.54) is 23.3 Å². The molecule has 0 bridgehead atoms. The van der Waals surface area contributed by atoms with Gasteiger partial charge in [-0.2, -0.15) is 0 Å². The van der Waals surface area contributed by atoms with E-state index in [4.69, 9.17) is 26.2 Å². The molecular weight excluding hydrogens is 480 g/mol. The van der Waals surface area contributed by atoms with Gasteiger partial charge in [0, 0.05) is 28.3 Å². The Balaban J connectivity index is 1.49. The van der Waals surface area contributed by atoms with Gasteiger partial charge in [-0.15, -0.1) is 11.3 Å². The van der Waals surface area contributed by atoms with Gasteiger partial charge in [0.25, 0.3) is 5.91 Å². The minimum absolute atomic E-state index is 0.0720. The third-order valence-corrected chi connectivity index (χ3v) is 6.84. The van der Waals surface area contributed by atoms with Gasteiger partial charge < -0.3 is 29.9 Å². The highest BCUT2D eigenvalue weighted by Gasteiger charge is 2.32. The van der Waals surface area contributed by atoms with Crippen LogP contribution in [-0.2, 0) is 6.42 Å². The molecule has 3 N–H and O–H groups in total. The molecule has 0 radical (unpaired) electrons. The number of nitrogens with one attached hydrogen (secondary N) is 1. The lowest BCUT2D eigenvalue weighted by molar-refractivity contribution is 0.0239. The Morgan fingerprint density at radius 3 is 2.53 bits per heavy atom. The number of benzene rings is 2. The number of aliphatic hydroxyl groups excluding tert-OH is 1. The Bertz CT molecular complexity index is 1190. The molecular formula is C24H23ClN2O6S. The first-order valence-corrected chi connectivity index (χ1v) is 11.7. The fourth-order valence-electron chi connectivity index (χ4n) is 3.56. The number of ether oxygens (including phenoxy) is 2. The number of thiophene rings is 1. The molecule has 10 heteroatoms. The van der Waals surface area contributed by atoms with Crippen molar-refractivity contribution in [3.05, 3.63) is 64.0 Å². The van der Waals surface area contributed by atoms with Gasteiger partial charge in [-0.25, -0.2) is 4.79 Å². The fourth-order valence-corrected chi connectivity index (χ4v) is 4.80. The van der Waals surface area contributed by atoms with E-state index < -0.39 is 6.09 Å². The number of amides is 2. The summed E-state index contributed by atoms with van der Waals surface area (Å²) < 4.78 is 11.2. The molecule has 1 saturated heterocycles. The molecule has 2 aromatic carbocycles. The summed E-state index contributed by atoms with van der Waals surface area (Å²) in [6, 6.07) is 14.3. The largest absolute Gasteiger partial charge is 0.493 e. The summed E-state index contributed by atoms with van der Waals surface area (Å²) in [5.74, 6) is 0.605. The molecule has 0 aliphatic carbocycles. The van der Waals surface area contributed by atoms with Crippen LogP contribution in [0.1, 0.15) is 15.2 Å². The van der Waals surface area contributed by atoms with Crippen molar-refractivity contribution in [1.29, 1.82) is 0 Å². The van der Waals surface area contributed by atoms with Gasteiger partial charge in [-0.3, -0.25) is 4.79 Å². The molecule has 2 heterocycles. The summed E-state index contributed by atoms with van der Waals surface area (Å²) in [6.45, 7) is 0.509. The number of nitrogens with zero attached hydrogens (tertiary/aromatic N) is 1. The highest BCUT2D eigenvalue weighted by molar-refractivity contribution is 7.17. The number of anilines is 1. The van der Waals surface area contributed by atoms with Crippen LogP contribution in [0, 0.1) is 0 Å². The lowest BCUT2D eigenvalue weighted by atomic mass is 10.1. The lowest BCUT2D eigenvalue weighted by Gasteiger charge is -2.37. The van der Waals surface area contributed by atoms with Crippen molar-refractivity contribution < 1.29 is 29.3 Å². The van der Waals surface area contributed by atoms with Crippen molar-refractivity contribution in [2.75, 3.05) is 32.1 Å². The minimum Gasteiger partial charge on any atom is -0.493 e. The minimum atomic E-state index is -0.974. The Kier molecular flexibility index (Phi) is 7.26. The van der Waals surface area contributed by atoms with E-state index in [2.05, 4.69) is 5.32 Å². The maximum Gasteiger partial charge on any atom is 0.407 e. The zero-order chi connectivity index (χ0) is 24.2. The van der Waals surface area contributed by atoms with Gasteiger partial charge >= 0.3 is 6.09 Å². The number of carbonyl (C=O) groups is 2. The first kappa shape index (κ1) is 23.9. The third kappa shape index (κ3) is 5.27. The summed E-state index contributed by atoms with van der Waals surface area (Å²) in [6.07, 6.45) is -0.861. The van der Waals surface area contributed by atoms with Crippen molar-refractivity contribution in [3.63, 3.8) is 0 Å². The molecule has 0 unspecified atom stereocenters. The van der Waals surface area contributed by atoms with E-state index in [9.17, 15) is 14.7 Å². The summed E-state index contributed by atoms with van der Waals surface area (Å²) in [5, 5.41) is 21.9. The van der Waals surface area contributed by atoms with Gasteiger partial charge in [0.2, 0.25) is 0 Å². The second kappa shape index (κ2) is 10.3. The molecule has 8 nitrogen and oxygen atoms in total. The molecule has 0 saturated carbocycles. The number of rotatable bonds is 8. The molecule has 2 amide bonds. The molecule has 1 fully saturated rings. The summed E-state index contributed by atoms with van der Waals surface area (Å²) in [4.78, 5) is 26.7. The molecule has 1 aromatic heterocycles. The second-order valence-corrected chi connectivity index (χ2v) is 9.18. The number of carbonyl (C=O) groups excluding carboxylic acids is 1. The van der Waals surface area contributed by atoms with E-state index >= 15 is 0 Å². The standard InChI is InChI=1S/C24H23ClN2O6S/c1-32-20-11-17(6-7-19(20)33-18-12-27(13-18)24(30)31)26-23(29)22-15(8-9-28)10-21(34-22)14-2-4-16(25)5-3-14/h2-7,10-11,18,28H,8-9,12-13H2,1H3,(H,26,29)(H,30,31). The summed E-state index contributed by atoms with van der Waals surface area (Å²) >= 11 is 7.33. The summed E-state index contributed by atoms with van der Waals surface area (Å²) in [7, 11) is 1.50. The van der Waals surface area contributed by atoms with E-state index in [0.29, 0.717) is 46.6 Å². The highest BCUT2D eigenvalue weighted by atomic mass is 35.5. The quantitative estimate of drug-likeness (QED) is 0.415. The Labute approximate surface area is 205 Å². The predicted molar refractivity (Wildman–Crippen MR) is 131 cm³/mol. The molecule has 0 atom stereocenters. The maximum absolute atomic E-state index is 13.1. The predicted octanol–water partition coefficient (Wildman–Crippen LogP) is 4.61. The molecule has 3 aromatic rings. The second-order valence-electron chi connectivity index (χ2n) is 7.69. The van der Waals surface area contributed by atoms with Crippen LogP contribution >= 0.6 is 22.9 Å². The van der Waals surface area contributed by atoms with Crippen LogP contribution < -0.4 is 14.8 Å². The zero-order valence-corrected chi connectivity index (χ0v) is 19.9. The van der Waals surface area contributed by atoms with Crippen LogP contribution in [0.2, 0.25) is 5.02 Å². The van der Waals surface area contributed by atoms with Crippen LogP contribution in [0.3, 0.4) is 0 Å². The first-order chi connectivity index (χ1) is 16.4. The van der Waals surface area contributed by atoms with Gasteiger partial charge in [-0.05, 0) is 47.9 Å². The number of halogens is 1. The van der Waals surface area contributed by atoms with Gasteiger partial charge in [-0.1, -0.05) is 23.7 Å².